The van der Waals surface area contributed by atoms with Crippen LogP contribution in [0.2, 0.25) is 0 Å². The summed E-state index contributed by atoms with van der Waals surface area (Å²) >= 11 is 0. The third-order valence-electron chi connectivity index (χ3n) is 11.6. The lowest BCUT2D eigenvalue weighted by molar-refractivity contribution is -0.133. The fourth-order valence-electron chi connectivity index (χ4n) is 9.62. The Morgan fingerprint density at radius 1 is 0.971 bits per heavy atom. The largest absolute Gasteiger partial charge is 0.393 e. The number of amides is 1. The fraction of sp³-hybridized carbons (Fsp3) is 0.966. The van der Waals surface area contributed by atoms with E-state index in [0.29, 0.717) is 35.6 Å². The molecule has 0 saturated heterocycles. The van der Waals surface area contributed by atoms with Gasteiger partial charge in [-0.05, 0) is 116 Å². The zero-order valence-electron chi connectivity index (χ0n) is 22.3. The SMILES string of the molecule is CC(=O)NCC(C)CCC(O)[C@@H](C)[C@H]1[C@@H](O)C[C@H]2[C@@H]3CC[C@H]4C[C@@H](O)CC[C@]4(C)[C@H]3CC[C@]12C. The highest BCUT2D eigenvalue weighted by Crippen LogP contribution is 2.68. The average molecular weight is 478 g/mol. The molecule has 4 N–H and O–H groups in total. The molecular formula is C29H51NO4. The van der Waals surface area contributed by atoms with Crippen LogP contribution in [0, 0.1) is 52.3 Å². The van der Waals surface area contributed by atoms with Crippen LogP contribution in [0.5, 0.6) is 0 Å². The van der Waals surface area contributed by atoms with Crippen molar-refractivity contribution in [2.45, 2.75) is 117 Å². The van der Waals surface area contributed by atoms with Crippen molar-refractivity contribution >= 4 is 5.91 Å². The molecular weight excluding hydrogens is 426 g/mol. The Labute approximate surface area is 207 Å². The van der Waals surface area contributed by atoms with Crippen LogP contribution in [-0.4, -0.2) is 46.1 Å². The maximum atomic E-state index is 11.4. The lowest BCUT2D eigenvalue weighted by Gasteiger charge is -2.61. The van der Waals surface area contributed by atoms with Gasteiger partial charge in [-0.1, -0.05) is 27.7 Å². The van der Waals surface area contributed by atoms with Gasteiger partial charge in [0.15, 0.2) is 0 Å². The minimum Gasteiger partial charge on any atom is -0.393 e. The minimum atomic E-state index is -0.416. The van der Waals surface area contributed by atoms with Gasteiger partial charge in [0.25, 0.3) is 0 Å². The monoisotopic (exact) mass is 477 g/mol. The van der Waals surface area contributed by atoms with Crippen LogP contribution in [0.25, 0.3) is 0 Å². The van der Waals surface area contributed by atoms with Crippen LogP contribution in [0.1, 0.15) is 98.8 Å². The third-order valence-corrected chi connectivity index (χ3v) is 11.6. The van der Waals surface area contributed by atoms with Crippen molar-refractivity contribution in [3.05, 3.63) is 0 Å². The topological polar surface area (TPSA) is 89.8 Å². The zero-order chi connectivity index (χ0) is 24.8. The maximum absolute atomic E-state index is 11.4. The molecule has 12 atom stereocenters. The standard InChI is InChI=1S/C29H51NO4/c1-17(16-30-19(3)31)6-9-25(33)18(2)27-26(34)15-24-22-8-7-20-14-21(32)10-12-28(20,4)23(22)11-13-29(24,27)5/h17-18,20-27,32-34H,6-16H2,1-5H3,(H,30,31)/t17?,18-,20+,21+,22-,23+,24+,25?,26+,27+,28+,29+/m1/s1. The molecule has 5 nitrogen and oxygen atoms in total. The number of aliphatic hydroxyl groups excluding tert-OH is 3. The number of carbonyl (C=O) groups excluding carboxylic acids is 1. The minimum absolute atomic E-state index is 0.00304. The summed E-state index contributed by atoms with van der Waals surface area (Å²) in [6, 6.07) is 0. The average Bonchev–Trinajstić information content (AvgIpc) is 3.05. The van der Waals surface area contributed by atoms with Crippen molar-refractivity contribution in [3.63, 3.8) is 0 Å². The van der Waals surface area contributed by atoms with Gasteiger partial charge < -0.3 is 20.6 Å². The smallest absolute Gasteiger partial charge is 0.216 e. The summed E-state index contributed by atoms with van der Waals surface area (Å²) < 4.78 is 0. The molecule has 5 heteroatoms. The second-order valence-electron chi connectivity index (χ2n) is 13.5. The lowest BCUT2D eigenvalue weighted by atomic mass is 9.44. The van der Waals surface area contributed by atoms with E-state index in [4.69, 9.17) is 0 Å². The summed E-state index contributed by atoms with van der Waals surface area (Å²) in [5.41, 5.74) is 0.446. The lowest BCUT2D eigenvalue weighted by Crippen LogP contribution is -2.54. The molecule has 0 radical (unpaired) electrons. The van der Waals surface area contributed by atoms with Crippen LogP contribution >= 0.6 is 0 Å². The van der Waals surface area contributed by atoms with Gasteiger partial charge in [0.05, 0.1) is 18.3 Å². The molecule has 0 aromatic rings. The first-order valence-electron chi connectivity index (χ1n) is 14.3. The molecule has 1 amide bonds. The second kappa shape index (κ2) is 10.0. The number of aliphatic hydroxyl groups is 3. The Hall–Kier alpha value is -0.650. The van der Waals surface area contributed by atoms with E-state index in [9.17, 15) is 20.1 Å². The van der Waals surface area contributed by atoms with Crippen LogP contribution in [0.4, 0.5) is 0 Å². The number of hydrogen-bond acceptors (Lipinski definition) is 4. The van der Waals surface area contributed by atoms with Gasteiger partial charge in [0.2, 0.25) is 5.91 Å². The van der Waals surface area contributed by atoms with Crippen molar-refractivity contribution in [2.24, 2.45) is 52.3 Å². The van der Waals surface area contributed by atoms with Gasteiger partial charge in [-0.2, -0.15) is 0 Å². The van der Waals surface area contributed by atoms with E-state index in [-0.39, 0.29) is 35.4 Å². The Kier molecular flexibility index (Phi) is 7.78. The zero-order valence-corrected chi connectivity index (χ0v) is 22.3. The quantitative estimate of drug-likeness (QED) is 0.434. The highest BCUT2D eigenvalue weighted by Gasteiger charge is 2.63. The van der Waals surface area contributed by atoms with Crippen molar-refractivity contribution in [1.29, 1.82) is 0 Å². The van der Waals surface area contributed by atoms with Crippen LogP contribution < -0.4 is 5.32 Å². The molecule has 0 heterocycles. The van der Waals surface area contributed by atoms with E-state index in [1.54, 1.807) is 6.92 Å². The molecule has 4 fully saturated rings. The molecule has 0 aromatic heterocycles. The molecule has 2 unspecified atom stereocenters. The van der Waals surface area contributed by atoms with Crippen molar-refractivity contribution in [3.8, 4) is 0 Å². The summed E-state index contributed by atoms with van der Waals surface area (Å²) in [6.07, 6.45) is 9.60. The molecule has 4 aliphatic carbocycles. The van der Waals surface area contributed by atoms with Crippen LogP contribution in [0.15, 0.2) is 0 Å². The van der Waals surface area contributed by atoms with E-state index in [1.165, 1.54) is 19.3 Å². The molecule has 4 saturated carbocycles. The number of fused-ring (bicyclic) bond motifs is 5. The van der Waals surface area contributed by atoms with E-state index in [0.717, 1.165) is 50.9 Å². The molecule has 0 bridgehead atoms. The van der Waals surface area contributed by atoms with Crippen LogP contribution in [0.3, 0.4) is 0 Å². The predicted octanol–water partition coefficient (Wildman–Crippen LogP) is 4.53. The van der Waals surface area contributed by atoms with E-state index in [1.807, 2.05) is 0 Å². The summed E-state index contributed by atoms with van der Waals surface area (Å²) in [7, 11) is 0. The first-order valence-corrected chi connectivity index (χ1v) is 14.3. The van der Waals surface area contributed by atoms with E-state index >= 15 is 0 Å². The van der Waals surface area contributed by atoms with Gasteiger partial charge in [-0.25, -0.2) is 0 Å². The highest BCUT2D eigenvalue weighted by molar-refractivity contribution is 5.72. The molecule has 0 aromatic carbocycles. The Bertz CT molecular complexity index is 729. The van der Waals surface area contributed by atoms with Gasteiger partial charge >= 0.3 is 0 Å². The van der Waals surface area contributed by atoms with E-state index < -0.39 is 6.10 Å². The number of rotatable bonds is 7. The molecule has 0 aliphatic heterocycles. The summed E-state index contributed by atoms with van der Waals surface area (Å²) in [5.74, 6) is 3.16. The molecule has 196 valence electrons. The Morgan fingerprint density at radius 3 is 2.38 bits per heavy atom. The Balaban J connectivity index is 1.43. The van der Waals surface area contributed by atoms with Crippen molar-refractivity contribution < 1.29 is 20.1 Å². The molecule has 0 spiro atoms. The van der Waals surface area contributed by atoms with Crippen molar-refractivity contribution in [2.75, 3.05) is 6.54 Å². The van der Waals surface area contributed by atoms with Crippen molar-refractivity contribution in [1.82, 2.24) is 5.32 Å². The molecule has 4 rings (SSSR count). The van der Waals surface area contributed by atoms with E-state index in [2.05, 4.69) is 33.0 Å². The van der Waals surface area contributed by atoms with Crippen LogP contribution in [-0.2, 0) is 4.79 Å². The number of hydrogen-bond donors (Lipinski definition) is 4. The Morgan fingerprint density at radius 2 is 1.68 bits per heavy atom. The fourth-order valence-corrected chi connectivity index (χ4v) is 9.62. The first kappa shape index (κ1) is 26.4. The highest BCUT2D eigenvalue weighted by atomic mass is 16.3. The van der Waals surface area contributed by atoms with Gasteiger partial charge in [0.1, 0.15) is 0 Å². The molecule has 4 aliphatic rings. The summed E-state index contributed by atoms with van der Waals surface area (Å²) in [4.78, 5) is 11.2. The predicted molar refractivity (Wildman–Crippen MR) is 135 cm³/mol. The third kappa shape index (κ3) is 4.70. The number of nitrogens with one attached hydrogen (secondary N) is 1. The number of carbonyl (C=O) groups is 1. The molecule has 34 heavy (non-hydrogen) atoms. The maximum Gasteiger partial charge on any atom is 0.216 e. The van der Waals surface area contributed by atoms with Gasteiger partial charge in [-0.3, -0.25) is 4.79 Å². The second-order valence-corrected chi connectivity index (χ2v) is 13.5. The normalized spacial score (nSPS) is 46.5. The van der Waals surface area contributed by atoms with Gasteiger partial charge in [-0.15, -0.1) is 0 Å². The summed E-state index contributed by atoms with van der Waals surface area (Å²) in [6.45, 7) is 11.4. The first-order chi connectivity index (χ1) is 16.0. The summed E-state index contributed by atoms with van der Waals surface area (Å²) in [5, 5.41) is 35.7. The van der Waals surface area contributed by atoms with Gasteiger partial charge in [0, 0.05) is 13.5 Å².